The van der Waals surface area contributed by atoms with E-state index in [0.29, 0.717) is 0 Å². The SMILES string of the molecule is [Mo].[Ni+2].[S-2].[S-2].[S-2].[S-2].[S-2].[S-2].[S-2].[W]. The van der Waals surface area contributed by atoms with Gasteiger partial charge in [-0.15, -0.1) is 0 Å². The third-order valence-electron chi connectivity index (χ3n) is 0. The van der Waals surface area contributed by atoms with Crippen LogP contribution < -0.4 is 0 Å². The van der Waals surface area contributed by atoms with Crippen LogP contribution in [0, 0.1) is 0 Å². The Hall–Kier alpha value is 4.32. The van der Waals surface area contributed by atoms with Crippen LogP contribution in [-0.2, 0) is 153 Å². The molecule has 0 radical (unpaired) electrons. The minimum absolute atomic E-state index is 0. The van der Waals surface area contributed by atoms with E-state index in [1.165, 1.54) is 0 Å². The second-order valence-corrected chi connectivity index (χ2v) is 0. The molecule has 10 heteroatoms. The van der Waals surface area contributed by atoms with Gasteiger partial charge < -0.3 is 94.5 Å². The predicted molar refractivity (Wildman–Crippen MR) is 51.6 cm³/mol. The molecule has 76 valence electrons. The van der Waals surface area contributed by atoms with E-state index in [1.807, 2.05) is 0 Å². The van der Waals surface area contributed by atoms with Gasteiger partial charge in [-0.25, -0.2) is 0 Å². The molecule has 0 aromatic heterocycles. The zero-order valence-corrected chi connectivity index (χ0v) is 15.6. The summed E-state index contributed by atoms with van der Waals surface area (Å²) < 4.78 is 0. The molecule has 0 heterocycles. The van der Waals surface area contributed by atoms with Crippen molar-refractivity contribution in [3.8, 4) is 0 Å². The van der Waals surface area contributed by atoms with Crippen molar-refractivity contribution < 1.29 is 58.6 Å². The quantitative estimate of drug-likeness (QED) is 0.364. The standard InChI is InChI=1S/Mo.Ni.7S.W/q;+2;7*-2;. The summed E-state index contributed by atoms with van der Waals surface area (Å²) in [7, 11) is 0. The third kappa shape index (κ3) is 84.6. The molecule has 0 atom stereocenters. The molecular weight excluding hydrogens is 563 g/mol. The molecule has 0 rings (SSSR count). The van der Waals surface area contributed by atoms with Crippen LogP contribution in [-0.4, -0.2) is 0 Å². The summed E-state index contributed by atoms with van der Waals surface area (Å²) in [6, 6.07) is 0. The van der Waals surface area contributed by atoms with Gasteiger partial charge in [-0.1, -0.05) is 0 Å². The Morgan fingerprint density at radius 2 is 0.400 bits per heavy atom. The molecular formula is MoNiS7W-12. The zero-order valence-electron chi connectivity index (χ0n) is 3.99. The maximum Gasteiger partial charge on any atom is 2.00 e. The first kappa shape index (κ1) is 136. The van der Waals surface area contributed by atoms with Gasteiger partial charge >= 0.3 is 16.5 Å². The van der Waals surface area contributed by atoms with Crippen LogP contribution in [0.4, 0.5) is 0 Å². The van der Waals surface area contributed by atoms with Gasteiger partial charge in [0.1, 0.15) is 0 Å². The fourth-order valence-electron chi connectivity index (χ4n) is 0. The molecule has 0 spiro atoms. The number of hydrogen-bond acceptors (Lipinski definition) is 0. The van der Waals surface area contributed by atoms with E-state index in [1.54, 1.807) is 0 Å². The molecule has 0 saturated heterocycles. The van der Waals surface area contributed by atoms with E-state index in [9.17, 15) is 0 Å². The van der Waals surface area contributed by atoms with E-state index in [4.69, 9.17) is 0 Å². The molecule has 0 fully saturated rings. The summed E-state index contributed by atoms with van der Waals surface area (Å²) in [4.78, 5) is 0. The summed E-state index contributed by atoms with van der Waals surface area (Å²) in [5.41, 5.74) is 0. The van der Waals surface area contributed by atoms with Crippen molar-refractivity contribution in [3.05, 3.63) is 0 Å². The van der Waals surface area contributed by atoms with Crippen LogP contribution in [0.15, 0.2) is 0 Å². The number of hydrogen-bond donors (Lipinski definition) is 0. The fourth-order valence-corrected chi connectivity index (χ4v) is 0. The fraction of sp³-hybridized carbons (Fsp3) is 0. The maximum absolute atomic E-state index is 0. The van der Waals surface area contributed by atoms with Crippen molar-refractivity contribution in [2.24, 2.45) is 0 Å². The van der Waals surface area contributed by atoms with Gasteiger partial charge in [-0.3, -0.25) is 0 Å². The van der Waals surface area contributed by atoms with Crippen molar-refractivity contribution >= 4 is 94.5 Å². The molecule has 10 heavy (non-hydrogen) atoms. The van der Waals surface area contributed by atoms with Crippen molar-refractivity contribution in [2.45, 2.75) is 0 Å². The Kier molecular flexibility index (Phi) is 1470. The summed E-state index contributed by atoms with van der Waals surface area (Å²) in [5, 5.41) is 0. The topological polar surface area (TPSA) is 0 Å². The van der Waals surface area contributed by atoms with Gasteiger partial charge in [0, 0.05) is 42.1 Å². The van der Waals surface area contributed by atoms with Crippen molar-refractivity contribution in [2.75, 3.05) is 0 Å². The molecule has 0 aromatic carbocycles. The van der Waals surface area contributed by atoms with Gasteiger partial charge in [0.15, 0.2) is 0 Å². The molecule has 0 N–H and O–H groups in total. The minimum Gasteiger partial charge on any atom is -2.00 e. The van der Waals surface area contributed by atoms with Gasteiger partial charge in [-0.05, 0) is 0 Å². The first-order valence-corrected chi connectivity index (χ1v) is 0. The van der Waals surface area contributed by atoms with Gasteiger partial charge in [-0.2, -0.15) is 0 Å². The van der Waals surface area contributed by atoms with Gasteiger partial charge in [0.2, 0.25) is 0 Å². The summed E-state index contributed by atoms with van der Waals surface area (Å²) in [6.07, 6.45) is 0. The molecule has 0 aliphatic rings. The smallest absolute Gasteiger partial charge is 2.00 e. The van der Waals surface area contributed by atoms with Gasteiger partial charge in [0.25, 0.3) is 0 Å². The van der Waals surface area contributed by atoms with Crippen molar-refractivity contribution in [1.29, 1.82) is 0 Å². The molecule has 0 nitrogen and oxygen atoms in total. The second-order valence-electron chi connectivity index (χ2n) is 0. The summed E-state index contributed by atoms with van der Waals surface area (Å²) >= 11 is 0. The molecule has 0 aliphatic carbocycles. The van der Waals surface area contributed by atoms with Crippen LogP contribution in [0.3, 0.4) is 0 Å². The minimum atomic E-state index is 0. The van der Waals surface area contributed by atoms with E-state index < -0.39 is 0 Å². The van der Waals surface area contributed by atoms with Crippen LogP contribution in [0.5, 0.6) is 0 Å². The molecule has 0 saturated carbocycles. The average molecular weight is 563 g/mol. The van der Waals surface area contributed by atoms with Crippen LogP contribution in [0.25, 0.3) is 0 Å². The van der Waals surface area contributed by atoms with Crippen LogP contribution >= 0.6 is 0 Å². The Bertz CT molecular complexity index is 13.6. The van der Waals surface area contributed by atoms with Crippen LogP contribution in [0.1, 0.15) is 0 Å². The average Bonchev–Trinajstić information content (AvgIpc) is 0. The molecule has 0 aromatic rings. The maximum atomic E-state index is 0. The Labute approximate surface area is 151 Å². The number of rotatable bonds is 0. The Morgan fingerprint density at radius 3 is 0.400 bits per heavy atom. The third-order valence-corrected chi connectivity index (χ3v) is 0. The first-order valence-electron chi connectivity index (χ1n) is 0. The van der Waals surface area contributed by atoms with E-state index >= 15 is 0 Å². The Balaban J connectivity index is 0. The van der Waals surface area contributed by atoms with Crippen molar-refractivity contribution in [3.63, 3.8) is 0 Å². The van der Waals surface area contributed by atoms with E-state index in [-0.39, 0.29) is 153 Å². The zero-order chi connectivity index (χ0) is 0. The van der Waals surface area contributed by atoms with E-state index in [2.05, 4.69) is 0 Å². The van der Waals surface area contributed by atoms with Gasteiger partial charge in [0.05, 0.1) is 0 Å². The largest absolute Gasteiger partial charge is 2.00 e. The van der Waals surface area contributed by atoms with Crippen molar-refractivity contribution in [1.82, 2.24) is 0 Å². The monoisotopic (exact) mass is 564 g/mol. The Morgan fingerprint density at radius 1 is 0.400 bits per heavy atom. The second kappa shape index (κ2) is 108. The van der Waals surface area contributed by atoms with Crippen LogP contribution in [0.2, 0.25) is 0 Å². The normalized spacial score (nSPS) is 0. The molecule has 0 aliphatic heterocycles. The summed E-state index contributed by atoms with van der Waals surface area (Å²) in [6.45, 7) is 0. The molecule has 0 unspecified atom stereocenters. The first-order chi connectivity index (χ1) is 0. The molecule has 0 amide bonds. The summed E-state index contributed by atoms with van der Waals surface area (Å²) in [5.74, 6) is 0. The molecule has 0 bridgehead atoms. The predicted octanol–water partition coefficient (Wildman–Crippen LogP) is -0.0243. The van der Waals surface area contributed by atoms with E-state index in [0.717, 1.165) is 0 Å².